The molecule has 78 valence electrons. The monoisotopic (exact) mass is 192 g/mol. The van der Waals surface area contributed by atoms with E-state index in [1.54, 1.807) is 0 Å². The molecular weight excluding hydrogens is 172 g/mol. The largest absolute Gasteiger partial charge is 0.334 e. The Morgan fingerprint density at radius 1 is 1.50 bits per heavy atom. The van der Waals surface area contributed by atoms with Gasteiger partial charge in [-0.25, -0.2) is 4.98 Å². The van der Waals surface area contributed by atoms with Gasteiger partial charge in [0.25, 0.3) is 0 Å². The molecule has 1 aromatic rings. The van der Waals surface area contributed by atoms with Crippen molar-refractivity contribution in [1.82, 2.24) is 9.55 Å². The molecule has 1 fully saturated rings. The summed E-state index contributed by atoms with van der Waals surface area (Å²) in [5, 5.41) is 0. The summed E-state index contributed by atoms with van der Waals surface area (Å²) in [5.74, 6) is 0. The minimum atomic E-state index is 0.515. The highest BCUT2D eigenvalue weighted by atomic mass is 15.1. The van der Waals surface area contributed by atoms with Gasteiger partial charge in [0.15, 0.2) is 0 Å². The SMILES string of the molecule is Cc1cn(C2CCCC(C)(C)C2)cn1. The topological polar surface area (TPSA) is 17.8 Å². The van der Waals surface area contributed by atoms with Crippen LogP contribution in [0.5, 0.6) is 0 Å². The minimum absolute atomic E-state index is 0.515. The number of aromatic nitrogens is 2. The molecule has 14 heavy (non-hydrogen) atoms. The van der Waals surface area contributed by atoms with E-state index in [1.807, 2.05) is 6.33 Å². The average Bonchev–Trinajstić information content (AvgIpc) is 2.50. The molecule has 1 heterocycles. The van der Waals surface area contributed by atoms with Gasteiger partial charge in [-0.1, -0.05) is 20.3 Å². The van der Waals surface area contributed by atoms with Crippen molar-refractivity contribution in [1.29, 1.82) is 0 Å². The molecular formula is C12H20N2. The van der Waals surface area contributed by atoms with Crippen LogP contribution < -0.4 is 0 Å². The molecule has 1 aliphatic carbocycles. The molecule has 1 aromatic heterocycles. The quantitative estimate of drug-likeness (QED) is 0.667. The Hall–Kier alpha value is -0.790. The Kier molecular flexibility index (Phi) is 2.38. The van der Waals surface area contributed by atoms with E-state index in [0.717, 1.165) is 5.69 Å². The second kappa shape index (κ2) is 3.41. The van der Waals surface area contributed by atoms with Crippen molar-refractivity contribution < 1.29 is 0 Å². The summed E-state index contributed by atoms with van der Waals surface area (Å²) in [5.41, 5.74) is 1.65. The van der Waals surface area contributed by atoms with Crippen LogP contribution in [0.3, 0.4) is 0 Å². The number of hydrogen-bond acceptors (Lipinski definition) is 1. The van der Waals surface area contributed by atoms with Gasteiger partial charge in [0.05, 0.1) is 12.0 Å². The molecule has 1 atom stereocenters. The highest BCUT2D eigenvalue weighted by Gasteiger charge is 2.28. The van der Waals surface area contributed by atoms with Crippen LogP contribution in [0.25, 0.3) is 0 Å². The van der Waals surface area contributed by atoms with Crippen LogP contribution in [0, 0.1) is 12.3 Å². The minimum Gasteiger partial charge on any atom is -0.334 e. The highest BCUT2D eigenvalue weighted by molar-refractivity contribution is 4.96. The maximum atomic E-state index is 4.30. The van der Waals surface area contributed by atoms with Crippen LogP contribution in [0.4, 0.5) is 0 Å². The van der Waals surface area contributed by atoms with Crippen LogP contribution >= 0.6 is 0 Å². The third-order valence-corrected chi connectivity index (χ3v) is 3.33. The fraction of sp³-hybridized carbons (Fsp3) is 0.750. The summed E-state index contributed by atoms with van der Waals surface area (Å²) >= 11 is 0. The lowest BCUT2D eigenvalue weighted by molar-refractivity contribution is 0.183. The fourth-order valence-electron chi connectivity index (χ4n) is 2.55. The van der Waals surface area contributed by atoms with Crippen LogP contribution in [0.1, 0.15) is 51.3 Å². The molecule has 0 spiro atoms. The smallest absolute Gasteiger partial charge is 0.0951 e. The van der Waals surface area contributed by atoms with Crippen LogP contribution in [0.2, 0.25) is 0 Å². The molecule has 0 bridgehead atoms. The fourth-order valence-corrected chi connectivity index (χ4v) is 2.55. The van der Waals surface area contributed by atoms with Gasteiger partial charge in [-0.15, -0.1) is 0 Å². The Morgan fingerprint density at radius 2 is 2.29 bits per heavy atom. The number of imidazole rings is 1. The van der Waals surface area contributed by atoms with E-state index < -0.39 is 0 Å². The normalized spacial score (nSPS) is 26.4. The number of aryl methyl sites for hydroxylation is 1. The van der Waals surface area contributed by atoms with E-state index in [9.17, 15) is 0 Å². The van der Waals surface area contributed by atoms with E-state index in [-0.39, 0.29) is 0 Å². The zero-order valence-corrected chi connectivity index (χ0v) is 9.45. The van der Waals surface area contributed by atoms with Gasteiger partial charge >= 0.3 is 0 Å². The van der Waals surface area contributed by atoms with E-state index in [4.69, 9.17) is 0 Å². The predicted octanol–water partition coefficient (Wildman–Crippen LogP) is 3.33. The molecule has 0 saturated heterocycles. The molecule has 1 saturated carbocycles. The first-order chi connectivity index (χ1) is 6.57. The van der Waals surface area contributed by atoms with Gasteiger partial charge in [-0.3, -0.25) is 0 Å². The zero-order chi connectivity index (χ0) is 10.2. The van der Waals surface area contributed by atoms with Gasteiger partial charge in [0.1, 0.15) is 0 Å². The molecule has 0 aromatic carbocycles. The van der Waals surface area contributed by atoms with Gasteiger partial charge in [0.2, 0.25) is 0 Å². The number of hydrogen-bond donors (Lipinski definition) is 0. The predicted molar refractivity (Wildman–Crippen MR) is 58.3 cm³/mol. The summed E-state index contributed by atoms with van der Waals surface area (Å²) in [6.07, 6.45) is 9.50. The van der Waals surface area contributed by atoms with Crippen molar-refractivity contribution >= 4 is 0 Å². The molecule has 0 radical (unpaired) electrons. The summed E-state index contributed by atoms with van der Waals surface area (Å²) < 4.78 is 2.30. The first kappa shape index (κ1) is 9.75. The van der Waals surface area contributed by atoms with Gasteiger partial charge in [0, 0.05) is 12.2 Å². The maximum absolute atomic E-state index is 4.30. The van der Waals surface area contributed by atoms with Crippen molar-refractivity contribution in [3.8, 4) is 0 Å². The van der Waals surface area contributed by atoms with Crippen LogP contribution in [-0.2, 0) is 0 Å². The van der Waals surface area contributed by atoms with Gasteiger partial charge < -0.3 is 4.57 Å². The molecule has 0 N–H and O–H groups in total. The first-order valence-electron chi connectivity index (χ1n) is 5.57. The Bertz CT molecular complexity index is 312. The number of rotatable bonds is 1. The van der Waals surface area contributed by atoms with E-state index in [0.29, 0.717) is 11.5 Å². The lowest BCUT2D eigenvalue weighted by Crippen LogP contribution is -2.24. The first-order valence-corrected chi connectivity index (χ1v) is 5.57. The van der Waals surface area contributed by atoms with Gasteiger partial charge in [-0.2, -0.15) is 0 Å². The third-order valence-electron chi connectivity index (χ3n) is 3.33. The second-order valence-electron chi connectivity index (χ2n) is 5.38. The lowest BCUT2D eigenvalue weighted by atomic mass is 9.75. The zero-order valence-electron chi connectivity index (χ0n) is 9.45. The molecule has 2 heteroatoms. The average molecular weight is 192 g/mol. The molecule has 1 unspecified atom stereocenters. The maximum Gasteiger partial charge on any atom is 0.0951 e. The number of nitrogens with zero attached hydrogens (tertiary/aromatic N) is 2. The molecule has 2 nitrogen and oxygen atoms in total. The van der Waals surface area contributed by atoms with Crippen molar-refractivity contribution in [2.24, 2.45) is 5.41 Å². The van der Waals surface area contributed by atoms with Crippen LogP contribution in [-0.4, -0.2) is 9.55 Å². The third kappa shape index (κ3) is 1.99. The van der Waals surface area contributed by atoms with Crippen molar-refractivity contribution in [3.05, 3.63) is 18.2 Å². The van der Waals surface area contributed by atoms with E-state index in [1.165, 1.54) is 25.7 Å². The second-order valence-corrected chi connectivity index (χ2v) is 5.38. The Morgan fingerprint density at radius 3 is 2.86 bits per heavy atom. The van der Waals surface area contributed by atoms with E-state index in [2.05, 4.69) is 36.5 Å². The standard InChI is InChI=1S/C12H20N2/c1-10-8-14(9-13-10)11-5-4-6-12(2,3)7-11/h8-9,11H,4-7H2,1-3H3. The summed E-state index contributed by atoms with van der Waals surface area (Å²) in [4.78, 5) is 4.30. The molecule has 0 amide bonds. The summed E-state index contributed by atoms with van der Waals surface area (Å²) in [7, 11) is 0. The van der Waals surface area contributed by atoms with E-state index >= 15 is 0 Å². The van der Waals surface area contributed by atoms with Crippen molar-refractivity contribution in [2.75, 3.05) is 0 Å². The summed E-state index contributed by atoms with van der Waals surface area (Å²) in [6.45, 7) is 6.82. The van der Waals surface area contributed by atoms with Crippen molar-refractivity contribution in [2.45, 2.75) is 52.5 Å². The van der Waals surface area contributed by atoms with Crippen LogP contribution in [0.15, 0.2) is 12.5 Å². The van der Waals surface area contributed by atoms with Gasteiger partial charge in [-0.05, 0) is 31.6 Å². The lowest BCUT2D eigenvalue weighted by Gasteiger charge is -2.35. The molecule has 2 rings (SSSR count). The highest BCUT2D eigenvalue weighted by Crippen LogP contribution is 2.40. The summed E-state index contributed by atoms with van der Waals surface area (Å²) in [6, 6.07) is 0.681. The molecule has 1 aliphatic rings. The Labute approximate surface area is 86.3 Å². The van der Waals surface area contributed by atoms with Crippen molar-refractivity contribution in [3.63, 3.8) is 0 Å². The molecule has 0 aliphatic heterocycles. The Balaban J connectivity index is 2.12.